The minimum absolute atomic E-state index is 0.102. The van der Waals surface area contributed by atoms with Crippen molar-refractivity contribution in [3.63, 3.8) is 0 Å². The third kappa shape index (κ3) is 5.75. The first kappa shape index (κ1) is 13.2. The van der Waals surface area contributed by atoms with E-state index in [1.54, 1.807) is 6.92 Å². The van der Waals surface area contributed by atoms with Gasteiger partial charge >= 0.3 is 5.97 Å². The van der Waals surface area contributed by atoms with E-state index < -0.39 is 0 Å². The maximum atomic E-state index is 11.0. The van der Waals surface area contributed by atoms with Gasteiger partial charge in [0.15, 0.2) is 0 Å². The number of ether oxygens (including phenoxy) is 1. The van der Waals surface area contributed by atoms with Crippen molar-refractivity contribution < 1.29 is 14.6 Å². The molecule has 0 fully saturated rings. The zero-order valence-corrected chi connectivity index (χ0v) is 9.30. The van der Waals surface area contributed by atoms with E-state index >= 15 is 0 Å². The van der Waals surface area contributed by atoms with Gasteiger partial charge in [-0.05, 0) is 39.2 Å². The predicted molar refractivity (Wildman–Crippen MR) is 55.9 cm³/mol. The molecular weight excluding hydrogens is 180 g/mol. The quantitative estimate of drug-likeness (QED) is 0.527. The molecule has 0 spiro atoms. The van der Waals surface area contributed by atoms with Gasteiger partial charge in [-0.15, -0.1) is 0 Å². The molecule has 82 valence electrons. The lowest BCUT2D eigenvalue weighted by molar-refractivity contribution is -0.143. The topological polar surface area (TPSA) is 46.5 Å². The highest BCUT2D eigenvalue weighted by molar-refractivity contribution is 5.69. The summed E-state index contributed by atoms with van der Waals surface area (Å²) in [5, 5.41) is 8.85. The molecule has 0 aliphatic carbocycles. The van der Waals surface area contributed by atoms with E-state index in [9.17, 15) is 4.79 Å². The Morgan fingerprint density at radius 3 is 2.36 bits per heavy atom. The Balaban J connectivity index is 3.69. The molecule has 0 aliphatic rings. The average Bonchev–Trinajstić information content (AvgIpc) is 2.16. The van der Waals surface area contributed by atoms with Crippen LogP contribution in [0.15, 0.2) is 11.1 Å². The van der Waals surface area contributed by atoms with E-state index in [2.05, 4.69) is 0 Å². The Hall–Kier alpha value is -0.830. The summed E-state index contributed by atoms with van der Waals surface area (Å²) in [6.45, 7) is 6.24. The van der Waals surface area contributed by atoms with Crippen molar-refractivity contribution >= 4 is 5.97 Å². The summed E-state index contributed by atoms with van der Waals surface area (Å²) in [6, 6.07) is 0. The normalized spacial score (nSPS) is 12.3. The fraction of sp³-hybridized carbons (Fsp3) is 0.727. The molecule has 0 bridgehead atoms. The van der Waals surface area contributed by atoms with Gasteiger partial charge in [0.1, 0.15) is 0 Å². The first-order chi connectivity index (χ1) is 6.61. The molecule has 3 nitrogen and oxygen atoms in total. The monoisotopic (exact) mass is 200 g/mol. The van der Waals surface area contributed by atoms with E-state index in [4.69, 9.17) is 9.84 Å². The number of hydrogen-bond acceptors (Lipinski definition) is 3. The van der Waals surface area contributed by atoms with Gasteiger partial charge in [0.2, 0.25) is 0 Å². The van der Waals surface area contributed by atoms with E-state index in [1.807, 2.05) is 13.8 Å². The molecule has 1 N–H and O–H groups in total. The molecule has 0 amide bonds. The Bertz CT molecular complexity index is 207. The largest absolute Gasteiger partial charge is 0.466 e. The smallest absolute Gasteiger partial charge is 0.305 e. The fourth-order valence-electron chi connectivity index (χ4n) is 1.08. The van der Waals surface area contributed by atoms with Crippen LogP contribution in [0, 0.1) is 0 Å². The summed E-state index contributed by atoms with van der Waals surface area (Å²) in [5.74, 6) is -0.137. The Morgan fingerprint density at radius 1 is 1.21 bits per heavy atom. The molecule has 0 aromatic carbocycles. The van der Waals surface area contributed by atoms with E-state index in [0.29, 0.717) is 13.0 Å². The van der Waals surface area contributed by atoms with Crippen LogP contribution in [-0.2, 0) is 9.53 Å². The lowest BCUT2D eigenvalue weighted by Gasteiger charge is -2.05. The van der Waals surface area contributed by atoms with Gasteiger partial charge in [-0.25, -0.2) is 0 Å². The van der Waals surface area contributed by atoms with Crippen molar-refractivity contribution in [2.75, 3.05) is 13.2 Å². The highest BCUT2D eigenvalue weighted by Crippen LogP contribution is 2.11. The van der Waals surface area contributed by atoms with E-state index in [1.165, 1.54) is 0 Å². The number of aliphatic hydroxyl groups excluding tert-OH is 1. The summed E-state index contributed by atoms with van der Waals surface area (Å²) in [5.41, 5.74) is 2.16. The number of aliphatic hydroxyl groups is 1. The zero-order valence-electron chi connectivity index (χ0n) is 9.30. The molecular formula is C11H20O3. The molecule has 0 radical (unpaired) electrons. The molecule has 0 saturated carbocycles. The van der Waals surface area contributed by atoms with Crippen LogP contribution in [-0.4, -0.2) is 24.3 Å². The van der Waals surface area contributed by atoms with Crippen LogP contribution in [0.1, 0.15) is 40.0 Å². The van der Waals surface area contributed by atoms with Crippen molar-refractivity contribution in [1.29, 1.82) is 0 Å². The van der Waals surface area contributed by atoms with Gasteiger partial charge in [-0.3, -0.25) is 4.79 Å². The first-order valence-electron chi connectivity index (χ1n) is 5.03. The summed E-state index contributed by atoms with van der Waals surface area (Å²) in [7, 11) is 0. The number of carbonyl (C=O) groups is 1. The number of hydrogen-bond donors (Lipinski definition) is 1. The highest BCUT2D eigenvalue weighted by Gasteiger charge is 2.02. The lowest BCUT2D eigenvalue weighted by Crippen LogP contribution is -2.03. The average molecular weight is 200 g/mol. The molecule has 0 saturated heterocycles. The maximum absolute atomic E-state index is 11.0. The van der Waals surface area contributed by atoms with Crippen LogP contribution in [0.3, 0.4) is 0 Å². The molecule has 14 heavy (non-hydrogen) atoms. The van der Waals surface area contributed by atoms with Gasteiger partial charge in [0.25, 0.3) is 0 Å². The predicted octanol–water partition coefficient (Wildman–Crippen LogP) is 2.05. The van der Waals surface area contributed by atoms with E-state index in [0.717, 1.165) is 24.0 Å². The van der Waals surface area contributed by atoms with Crippen LogP contribution in [0.25, 0.3) is 0 Å². The summed E-state index contributed by atoms with van der Waals surface area (Å²) >= 11 is 0. The van der Waals surface area contributed by atoms with E-state index in [-0.39, 0.29) is 12.6 Å². The minimum atomic E-state index is -0.137. The van der Waals surface area contributed by atoms with Gasteiger partial charge in [0.05, 0.1) is 13.2 Å². The summed E-state index contributed by atoms with van der Waals surface area (Å²) < 4.78 is 4.81. The molecule has 0 aliphatic heterocycles. The Labute approximate surface area is 85.8 Å². The van der Waals surface area contributed by atoms with Crippen LogP contribution >= 0.6 is 0 Å². The number of esters is 1. The lowest BCUT2D eigenvalue weighted by atomic mass is 10.1. The number of carbonyl (C=O) groups excluding carboxylic acids is 1. The minimum Gasteiger partial charge on any atom is -0.466 e. The zero-order chi connectivity index (χ0) is 11.0. The van der Waals surface area contributed by atoms with Crippen molar-refractivity contribution in [1.82, 2.24) is 0 Å². The van der Waals surface area contributed by atoms with Crippen LogP contribution in [0.4, 0.5) is 0 Å². The Kier molecular flexibility index (Phi) is 7.11. The standard InChI is InChI=1S/C11H20O3/c1-4-14-11(13)7-5-6-9(2)10(3)8-12/h12H,4-8H2,1-3H3/b10-9+. The summed E-state index contributed by atoms with van der Waals surface area (Å²) in [4.78, 5) is 11.0. The van der Waals surface area contributed by atoms with Gasteiger partial charge < -0.3 is 9.84 Å². The third-order valence-electron chi connectivity index (χ3n) is 2.20. The molecule has 0 aromatic rings. The second-order valence-corrected chi connectivity index (χ2v) is 3.38. The van der Waals surface area contributed by atoms with Gasteiger partial charge in [-0.1, -0.05) is 5.57 Å². The second kappa shape index (κ2) is 7.56. The van der Waals surface area contributed by atoms with Crippen molar-refractivity contribution in [2.45, 2.75) is 40.0 Å². The highest BCUT2D eigenvalue weighted by atomic mass is 16.5. The van der Waals surface area contributed by atoms with Crippen molar-refractivity contribution in [2.24, 2.45) is 0 Å². The van der Waals surface area contributed by atoms with Crippen molar-refractivity contribution in [3.8, 4) is 0 Å². The number of allylic oxidation sites excluding steroid dienone is 1. The molecule has 0 atom stereocenters. The molecule has 0 unspecified atom stereocenters. The molecule has 0 aromatic heterocycles. The second-order valence-electron chi connectivity index (χ2n) is 3.38. The molecule has 3 heteroatoms. The van der Waals surface area contributed by atoms with Crippen LogP contribution in [0.5, 0.6) is 0 Å². The molecule has 0 rings (SSSR count). The van der Waals surface area contributed by atoms with Gasteiger partial charge in [0, 0.05) is 6.42 Å². The Morgan fingerprint density at radius 2 is 1.86 bits per heavy atom. The number of rotatable bonds is 6. The molecule has 0 heterocycles. The first-order valence-corrected chi connectivity index (χ1v) is 5.03. The fourth-order valence-corrected chi connectivity index (χ4v) is 1.08. The third-order valence-corrected chi connectivity index (χ3v) is 2.20. The van der Waals surface area contributed by atoms with Gasteiger partial charge in [-0.2, -0.15) is 0 Å². The van der Waals surface area contributed by atoms with Crippen LogP contribution in [0.2, 0.25) is 0 Å². The van der Waals surface area contributed by atoms with Crippen molar-refractivity contribution in [3.05, 3.63) is 11.1 Å². The SMILES string of the molecule is CCOC(=O)CCC/C(C)=C(\C)CO. The van der Waals surface area contributed by atoms with Crippen LogP contribution < -0.4 is 0 Å². The maximum Gasteiger partial charge on any atom is 0.305 e. The summed E-state index contributed by atoms with van der Waals surface area (Å²) in [6.07, 6.45) is 2.11.